The molecule has 1 aliphatic heterocycles. The predicted molar refractivity (Wildman–Crippen MR) is 77.1 cm³/mol. The first-order chi connectivity index (χ1) is 9.17. The molecule has 1 N–H and O–H groups in total. The molecule has 5 nitrogen and oxygen atoms in total. The molecule has 0 saturated carbocycles. The van der Waals surface area contributed by atoms with Gasteiger partial charge in [-0.2, -0.15) is 0 Å². The number of hydrogen-bond acceptors (Lipinski definition) is 4. The van der Waals surface area contributed by atoms with E-state index in [-0.39, 0.29) is 12.0 Å². The lowest BCUT2D eigenvalue weighted by atomic mass is 10.3. The maximum atomic E-state index is 12.1. The van der Waals surface area contributed by atoms with Crippen molar-refractivity contribution < 1.29 is 9.53 Å². The number of ether oxygens (including phenoxy) is 1. The van der Waals surface area contributed by atoms with Crippen LogP contribution in [0, 0.1) is 0 Å². The summed E-state index contributed by atoms with van der Waals surface area (Å²) < 4.78 is 5.62. The average molecular weight is 267 g/mol. The topological polar surface area (TPSA) is 44.8 Å². The lowest BCUT2D eigenvalue weighted by Crippen LogP contribution is -2.47. The molecule has 0 spiro atoms. The normalized spacial score (nSPS) is 19.2. The molecule has 108 valence electrons. The minimum Gasteiger partial charge on any atom is -0.374 e. The molecule has 5 heteroatoms. The molecule has 1 heterocycles. The Balaban J connectivity index is 2.35. The van der Waals surface area contributed by atoms with Crippen LogP contribution in [0.3, 0.4) is 0 Å². The van der Waals surface area contributed by atoms with Gasteiger partial charge in [0.2, 0.25) is 5.91 Å². The molecule has 1 saturated heterocycles. The highest BCUT2D eigenvalue weighted by molar-refractivity contribution is 5.78. The largest absolute Gasteiger partial charge is 0.374 e. The molecule has 19 heavy (non-hydrogen) atoms. The van der Waals surface area contributed by atoms with Crippen molar-refractivity contribution in [2.75, 3.05) is 52.9 Å². The Morgan fingerprint density at radius 2 is 2.11 bits per heavy atom. The Morgan fingerprint density at radius 1 is 1.42 bits per heavy atom. The Kier molecular flexibility index (Phi) is 7.40. The minimum atomic E-state index is 0.0890. The molecule has 1 unspecified atom stereocenters. The highest BCUT2D eigenvalue weighted by atomic mass is 16.5. The van der Waals surface area contributed by atoms with Crippen LogP contribution in [-0.4, -0.2) is 74.7 Å². The van der Waals surface area contributed by atoms with Gasteiger partial charge in [-0.3, -0.25) is 9.69 Å². The molecule has 0 radical (unpaired) electrons. The molecule has 1 aliphatic rings. The van der Waals surface area contributed by atoms with Gasteiger partial charge in [0.1, 0.15) is 0 Å². The van der Waals surface area contributed by atoms with Gasteiger partial charge in [0.15, 0.2) is 0 Å². The molecule has 1 fully saturated rings. The van der Waals surface area contributed by atoms with E-state index in [2.05, 4.69) is 18.5 Å². The molecule has 1 rings (SSSR count). The van der Waals surface area contributed by atoms with Crippen LogP contribution in [0.15, 0.2) is 25.3 Å². The standard InChI is InChI=1S/C14H25N3O2/c1-4-7-17(8-5-2)14(18)12-16(3)11-13-10-15-6-9-19-13/h4-5,13,15H,1-2,6-12H2,3H3. The zero-order chi connectivity index (χ0) is 14.1. The van der Waals surface area contributed by atoms with E-state index in [0.717, 1.165) is 26.2 Å². The van der Waals surface area contributed by atoms with Gasteiger partial charge in [-0.1, -0.05) is 12.2 Å². The fourth-order valence-electron chi connectivity index (χ4n) is 2.07. The Hall–Kier alpha value is -1.17. The van der Waals surface area contributed by atoms with Crippen LogP contribution in [0.1, 0.15) is 0 Å². The summed E-state index contributed by atoms with van der Waals surface area (Å²) in [6, 6.07) is 0. The fourth-order valence-corrected chi connectivity index (χ4v) is 2.07. The van der Waals surface area contributed by atoms with Crippen LogP contribution in [0.5, 0.6) is 0 Å². The molecule has 0 aromatic heterocycles. The fraction of sp³-hybridized carbons (Fsp3) is 0.643. The first-order valence-corrected chi connectivity index (χ1v) is 6.67. The SMILES string of the molecule is C=CCN(CC=C)C(=O)CN(C)CC1CNCCO1. The molecule has 0 aromatic carbocycles. The van der Waals surface area contributed by atoms with E-state index in [4.69, 9.17) is 4.74 Å². The second-order valence-corrected chi connectivity index (χ2v) is 4.77. The number of rotatable bonds is 8. The Bertz CT molecular complexity index is 291. The number of morpholine rings is 1. The predicted octanol–water partition coefficient (Wildman–Crippen LogP) is 0.107. The lowest BCUT2D eigenvalue weighted by molar-refractivity contribution is -0.131. The van der Waals surface area contributed by atoms with Gasteiger partial charge in [0.05, 0.1) is 19.3 Å². The van der Waals surface area contributed by atoms with E-state index < -0.39 is 0 Å². The summed E-state index contributed by atoms with van der Waals surface area (Å²) in [4.78, 5) is 15.8. The van der Waals surface area contributed by atoms with Crippen molar-refractivity contribution in [3.63, 3.8) is 0 Å². The molecule has 0 aliphatic carbocycles. The summed E-state index contributed by atoms with van der Waals surface area (Å²) >= 11 is 0. The summed E-state index contributed by atoms with van der Waals surface area (Å²) in [5.74, 6) is 0.0890. The molecule has 1 atom stereocenters. The maximum Gasteiger partial charge on any atom is 0.237 e. The van der Waals surface area contributed by atoms with Crippen molar-refractivity contribution in [2.45, 2.75) is 6.10 Å². The third kappa shape index (κ3) is 6.00. The highest BCUT2D eigenvalue weighted by Gasteiger charge is 2.18. The molecule has 0 aromatic rings. The number of nitrogens with zero attached hydrogens (tertiary/aromatic N) is 2. The van der Waals surface area contributed by atoms with Crippen LogP contribution in [0.25, 0.3) is 0 Å². The number of nitrogens with one attached hydrogen (secondary N) is 1. The van der Waals surface area contributed by atoms with Crippen molar-refractivity contribution in [3.8, 4) is 0 Å². The van der Waals surface area contributed by atoms with E-state index in [1.807, 2.05) is 11.9 Å². The van der Waals surface area contributed by atoms with Gasteiger partial charge >= 0.3 is 0 Å². The lowest BCUT2D eigenvalue weighted by Gasteiger charge is -2.29. The van der Waals surface area contributed by atoms with Gasteiger partial charge in [-0.05, 0) is 7.05 Å². The van der Waals surface area contributed by atoms with Crippen LogP contribution in [0.2, 0.25) is 0 Å². The first-order valence-electron chi connectivity index (χ1n) is 6.67. The first kappa shape index (κ1) is 15.9. The third-order valence-electron chi connectivity index (χ3n) is 2.98. The number of hydrogen-bond donors (Lipinski definition) is 1. The van der Waals surface area contributed by atoms with Crippen molar-refractivity contribution in [3.05, 3.63) is 25.3 Å². The number of amides is 1. The van der Waals surface area contributed by atoms with Crippen molar-refractivity contribution >= 4 is 5.91 Å². The van der Waals surface area contributed by atoms with Crippen molar-refractivity contribution in [1.82, 2.24) is 15.1 Å². The molecular formula is C14H25N3O2. The second-order valence-electron chi connectivity index (χ2n) is 4.77. The van der Waals surface area contributed by atoms with Gasteiger partial charge in [-0.25, -0.2) is 0 Å². The van der Waals surface area contributed by atoms with E-state index in [0.29, 0.717) is 19.6 Å². The molecule has 1 amide bonds. The Labute approximate surface area is 115 Å². The number of carbonyl (C=O) groups excluding carboxylic acids is 1. The number of likely N-dealkylation sites (N-methyl/N-ethyl adjacent to an activating group) is 1. The minimum absolute atomic E-state index is 0.0890. The zero-order valence-corrected chi connectivity index (χ0v) is 11.8. The van der Waals surface area contributed by atoms with Crippen LogP contribution < -0.4 is 5.32 Å². The van der Waals surface area contributed by atoms with Gasteiger partial charge in [-0.15, -0.1) is 13.2 Å². The average Bonchev–Trinajstić information content (AvgIpc) is 2.39. The van der Waals surface area contributed by atoms with Crippen molar-refractivity contribution in [1.29, 1.82) is 0 Å². The highest BCUT2D eigenvalue weighted by Crippen LogP contribution is 2.00. The zero-order valence-electron chi connectivity index (χ0n) is 11.8. The summed E-state index contributed by atoms with van der Waals surface area (Å²) in [5, 5.41) is 3.28. The van der Waals surface area contributed by atoms with E-state index in [1.54, 1.807) is 17.1 Å². The van der Waals surface area contributed by atoms with Gasteiger partial charge < -0.3 is 15.0 Å². The number of carbonyl (C=O) groups is 1. The summed E-state index contributed by atoms with van der Waals surface area (Å²) in [7, 11) is 1.94. The third-order valence-corrected chi connectivity index (χ3v) is 2.98. The monoisotopic (exact) mass is 267 g/mol. The Morgan fingerprint density at radius 3 is 2.63 bits per heavy atom. The van der Waals surface area contributed by atoms with Crippen molar-refractivity contribution in [2.24, 2.45) is 0 Å². The second kappa shape index (κ2) is 8.85. The smallest absolute Gasteiger partial charge is 0.237 e. The summed E-state index contributed by atoms with van der Waals surface area (Å²) in [5.41, 5.74) is 0. The molecule has 0 bridgehead atoms. The van der Waals surface area contributed by atoms with Crippen LogP contribution in [-0.2, 0) is 9.53 Å². The van der Waals surface area contributed by atoms with Crippen LogP contribution >= 0.6 is 0 Å². The van der Waals surface area contributed by atoms with E-state index in [9.17, 15) is 4.79 Å². The summed E-state index contributed by atoms with van der Waals surface area (Å²) in [6.07, 6.45) is 3.63. The quantitative estimate of drug-likeness (QED) is 0.634. The van der Waals surface area contributed by atoms with Crippen LogP contribution in [0.4, 0.5) is 0 Å². The summed E-state index contributed by atoms with van der Waals surface area (Å²) in [6.45, 7) is 12.1. The maximum absolute atomic E-state index is 12.1. The van der Waals surface area contributed by atoms with E-state index >= 15 is 0 Å². The van der Waals surface area contributed by atoms with E-state index in [1.165, 1.54) is 0 Å². The molecular weight excluding hydrogens is 242 g/mol. The van der Waals surface area contributed by atoms with Gasteiger partial charge in [0, 0.05) is 32.7 Å². The van der Waals surface area contributed by atoms with Gasteiger partial charge in [0.25, 0.3) is 0 Å².